The van der Waals surface area contributed by atoms with E-state index in [9.17, 15) is 4.39 Å². The fourth-order valence-corrected chi connectivity index (χ4v) is 1.56. The number of pyridine rings is 1. The third-order valence-corrected chi connectivity index (χ3v) is 2.02. The third kappa shape index (κ3) is 1.12. The molecule has 0 unspecified atom stereocenters. The smallest absolute Gasteiger partial charge is 0.206 e. The Balaban J connectivity index is 2.88. The molecule has 2 heterocycles. The van der Waals surface area contributed by atoms with Crippen molar-refractivity contribution in [1.82, 2.24) is 9.61 Å². The molecule has 0 radical (unpaired) electrons. The van der Waals surface area contributed by atoms with Gasteiger partial charge in [-0.15, -0.1) is 0 Å². The summed E-state index contributed by atoms with van der Waals surface area (Å²) in [6.45, 7) is 1.85. The summed E-state index contributed by atoms with van der Waals surface area (Å²) in [5.41, 5.74) is 1.66. The first-order chi connectivity index (χ1) is 5.66. The highest BCUT2D eigenvalue weighted by molar-refractivity contribution is 9.10. The van der Waals surface area contributed by atoms with Gasteiger partial charge in [-0.1, -0.05) is 0 Å². The summed E-state index contributed by atoms with van der Waals surface area (Å²) in [6, 6.07) is 5.10. The van der Waals surface area contributed by atoms with E-state index in [4.69, 9.17) is 0 Å². The van der Waals surface area contributed by atoms with Crippen molar-refractivity contribution in [2.24, 2.45) is 0 Å². The first-order valence-corrected chi connectivity index (χ1v) is 4.27. The van der Waals surface area contributed by atoms with E-state index >= 15 is 0 Å². The van der Waals surface area contributed by atoms with Gasteiger partial charge in [0.2, 0.25) is 5.95 Å². The predicted octanol–water partition coefficient (Wildman–Crippen LogP) is 2.54. The number of hydrogen-bond donors (Lipinski definition) is 0. The summed E-state index contributed by atoms with van der Waals surface area (Å²) >= 11 is 3.18. The molecular weight excluding hydrogens is 223 g/mol. The molecule has 12 heavy (non-hydrogen) atoms. The van der Waals surface area contributed by atoms with E-state index in [0.717, 1.165) is 11.1 Å². The fraction of sp³-hybridized carbons (Fsp3) is 0.125. The van der Waals surface area contributed by atoms with Gasteiger partial charge in [-0.25, -0.2) is 4.52 Å². The third-order valence-electron chi connectivity index (χ3n) is 1.63. The van der Waals surface area contributed by atoms with Gasteiger partial charge in [0.15, 0.2) is 0 Å². The summed E-state index contributed by atoms with van der Waals surface area (Å²) in [5, 5.41) is 3.91. The molecule has 0 fully saturated rings. The molecule has 0 saturated carbocycles. The van der Waals surface area contributed by atoms with E-state index in [1.54, 1.807) is 6.07 Å². The zero-order valence-corrected chi connectivity index (χ0v) is 7.97. The van der Waals surface area contributed by atoms with Gasteiger partial charge in [-0.3, -0.25) is 0 Å². The van der Waals surface area contributed by atoms with E-state index in [2.05, 4.69) is 21.0 Å². The van der Waals surface area contributed by atoms with Crippen LogP contribution in [0.1, 0.15) is 5.56 Å². The van der Waals surface area contributed by atoms with Crippen LogP contribution in [-0.2, 0) is 0 Å². The van der Waals surface area contributed by atoms with Crippen LogP contribution in [0.5, 0.6) is 0 Å². The van der Waals surface area contributed by atoms with Crippen LogP contribution in [0, 0.1) is 12.9 Å². The molecule has 0 N–H and O–H groups in total. The van der Waals surface area contributed by atoms with E-state index in [0.29, 0.717) is 4.60 Å². The second-order valence-electron chi connectivity index (χ2n) is 2.66. The summed E-state index contributed by atoms with van der Waals surface area (Å²) in [7, 11) is 0. The molecule has 2 rings (SSSR count). The normalized spacial score (nSPS) is 10.9. The molecule has 4 heteroatoms. The van der Waals surface area contributed by atoms with Crippen molar-refractivity contribution in [1.29, 1.82) is 0 Å². The Bertz CT molecular complexity index is 436. The van der Waals surface area contributed by atoms with Gasteiger partial charge >= 0.3 is 0 Å². The van der Waals surface area contributed by atoms with E-state index in [-0.39, 0.29) is 5.95 Å². The minimum absolute atomic E-state index is 0.337. The molecule has 2 aromatic heterocycles. The minimum Gasteiger partial charge on any atom is -0.206 e. The largest absolute Gasteiger partial charge is 0.214 e. The van der Waals surface area contributed by atoms with Crippen LogP contribution in [-0.4, -0.2) is 9.61 Å². The Morgan fingerprint density at radius 3 is 2.92 bits per heavy atom. The number of rotatable bonds is 0. The molecule has 0 aliphatic rings. The van der Waals surface area contributed by atoms with Gasteiger partial charge in [-0.05, 0) is 46.6 Å². The first kappa shape index (κ1) is 7.73. The van der Waals surface area contributed by atoms with Gasteiger partial charge in [0.25, 0.3) is 0 Å². The first-order valence-electron chi connectivity index (χ1n) is 3.48. The van der Waals surface area contributed by atoms with Crippen LogP contribution >= 0.6 is 15.9 Å². The zero-order chi connectivity index (χ0) is 8.72. The van der Waals surface area contributed by atoms with Crippen molar-refractivity contribution in [2.75, 3.05) is 0 Å². The average molecular weight is 229 g/mol. The molecule has 62 valence electrons. The summed E-state index contributed by atoms with van der Waals surface area (Å²) in [6.07, 6.45) is 0. The second-order valence-corrected chi connectivity index (χ2v) is 3.47. The predicted molar refractivity (Wildman–Crippen MR) is 47.6 cm³/mol. The maximum absolute atomic E-state index is 13.1. The molecule has 0 spiro atoms. The Morgan fingerprint density at radius 1 is 1.42 bits per heavy atom. The lowest BCUT2D eigenvalue weighted by molar-refractivity contribution is 0.543. The molecule has 2 aromatic rings. The summed E-state index contributed by atoms with van der Waals surface area (Å²) < 4.78 is 15.0. The highest BCUT2D eigenvalue weighted by Crippen LogP contribution is 2.14. The van der Waals surface area contributed by atoms with Crippen molar-refractivity contribution in [3.63, 3.8) is 0 Å². The number of fused-ring (bicyclic) bond motifs is 1. The lowest BCUT2D eigenvalue weighted by Crippen LogP contribution is -1.94. The number of aryl methyl sites for hydroxylation is 1. The van der Waals surface area contributed by atoms with Crippen LogP contribution in [0.4, 0.5) is 4.39 Å². The molecule has 0 aliphatic carbocycles. The van der Waals surface area contributed by atoms with Crippen LogP contribution in [0.3, 0.4) is 0 Å². The average Bonchev–Trinajstić information content (AvgIpc) is 2.29. The monoisotopic (exact) mass is 228 g/mol. The van der Waals surface area contributed by atoms with Gasteiger partial charge < -0.3 is 0 Å². The van der Waals surface area contributed by atoms with Gasteiger partial charge in [0.05, 0.1) is 5.52 Å². The lowest BCUT2D eigenvalue weighted by Gasteiger charge is -1.96. The molecule has 0 amide bonds. The molecule has 0 aromatic carbocycles. The Kier molecular flexibility index (Phi) is 1.65. The number of nitrogens with zero attached hydrogens (tertiary/aromatic N) is 2. The molecule has 0 saturated heterocycles. The van der Waals surface area contributed by atoms with Gasteiger partial charge in [-0.2, -0.15) is 9.49 Å². The van der Waals surface area contributed by atoms with Crippen molar-refractivity contribution in [2.45, 2.75) is 6.92 Å². The van der Waals surface area contributed by atoms with Crippen LogP contribution in [0.25, 0.3) is 5.52 Å². The highest BCUT2D eigenvalue weighted by atomic mass is 79.9. The minimum atomic E-state index is -0.337. The second kappa shape index (κ2) is 2.55. The highest BCUT2D eigenvalue weighted by Gasteiger charge is 2.03. The molecule has 0 atom stereocenters. The Morgan fingerprint density at radius 2 is 2.17 bits per heavy atom. The molecular formula is C8H6BrFN2. The Labute approximate surface area is 77.1 Å². The van der Waals surface area contributed by atoms with Crippen LogP contribution < -0.4 is 0 Å². The maximum atomic E-state index is 13.1. The molecule has 0 bridgehead atoms. The van der Waals surface area contributed by atoms with E-state index < -0.39 is 0 Å². The zero-order valence-electron chi connectivity index (χ0n) is 6.38. The SMILES string of the molecule is Cc1cc(F)n2nc(Br)cc2c1. The summed E-state index contributed by atoms with van der Waals surface area (Å²) in [4.78, 5) is 0. The van der Waals surface area contributed by atoms with Crippen molar-refractivity contribution >= 4 is 21.4 Å². The standard InChI is InChI=1S/C8H6BrFN2/c1-5-2-6-4-7(9)11-12(6)8(10)3-5/h2-4H,1H3. The van der Waals surface area contributed by atoms with Gasteiger partial charge in [0, 0.05) is 0 Å². The van der Waals surface area contributed by atoms with Crippen LogP contribution in [0.15, 0.2) is 22.8 Å². The van der Waals surface area contributed by atoms with Crippen molar-refractivity contribution in [3.05, 3.63) is 34.3 Å². The number of halogens is 2. The van der Waals surface area contributed by atoms with Crippen LogP contribution in [0.2, 0.25) is 0 Å². The fourth-order valence-electron chi connectivity index (χ4n) is 1.16. The number of aromatic nitrogens is 2. The van der Waals surface area contributed by atoms with E-state index in [1.807, 2.05) is 13.0 Å². The quantitative estimate of drug-likeness (QED) is 0.634. The Hall–Kier alpha value is -0.900. The maximum Gasteiger partial charge on any atom is 0.214 e. The topological polar surface area (TPSA) is 17.3 Å². The van der Waals surface area contributed by atoms with E-state index in [1.165, 1.54) is 10.6 Å². The lowest BCUT2D eigenvalue weighted by atomic mass is 10.3. The van der Waals surface area contributed by atoms with Crippen molar-refractivity contribution in [3.8, 4) is 0 Å². The van der Waals surface area contributed by atoms with Crippen molar-refractivity contribution < 1.29 is 4.39 Å². The van der Waals surface area contributed by atoms with Gasteiger partial charge in [0.1, 0.15) is 4.60 Å². The summed E-state index contributed by atoms with van der Waals surface area (Å²) in [5.74, 6) is -0.337. The number of hydrogen-bond acceptors (Lipinski definition) is 1. The molecule has 0 aliphatic heterocycles. The molecule has 2 nitrogen and oxygen atoms in total.